The van der Waals surface area contributed by atoms with E-state index in [9.17, 15) is 14.4 Å². The third kappa shape index (κ3) is 3.59. The lowest BCUT2D eigenvalue weighted by Crippen LogP contribution is -2.64. The lowest BCUT2D eigenvalue weighted by molar-refractivity contribution is -0.161. The van der Waals surface area contributed by atoms with Crippen LogP contribution in [0.4, 0.5) is 4.79 Å². The molecule has 1 aliphatic rings. The van der Waals surface area contributed by atoms with E-state index in [1.54, 1.807) is 20.8 Å². The number of hydrogen-bond acceptors (Lipinski definition) is 5. The first-order valence-corrected chi connectivity index (χ1v) is 5.92. The molecule has 19 heavy (non-hydrogen) atoms. The molecule has 0 radical (unpaired) electrons. The lowest BCUT2D eigenvalue weighted by atomic mass is 9.68. The number of rotatable bonds is 3. The first-order valence-electron chi connectivity index (χ1n) is 5.92. The first-order chi connectivity index (χ1) is 8.59. The van der Waals surface area contributed by atoms with E-state index in [2.05, 4.69) is 10.1 Å². The molecule has 0 aromatic carbocycles. The molecule has 0 bridgehead atoms. The predicted octanol–water partition coefficient (Wildman–Crippen LogP) is 0.917. The number of carbonyl (C=O) groups is 3. The molecule has 0 saturated heterocycles. The van der Waals surface area contributed by atoms with Crippen LogP contribution in [0, 0.1) is 5.92 Å². The molecule has 0 aliphatic heterocycles. The SMILES string of the molecule is COC(=O)C1(NC(=O)OC(C)(C)C)CC(C(=O)O)C1. The fourth-order valence-electron chi connectivity index (χ4n) is 1.97. The molecule has 1 fully saturated rings. The summed E-state index contributed by atoms with van der Waals surface area (Å²) in [7, 11) is 1.19. The Hall–Kier alpha value is -1.79. The molecule has 7 nitrogen and oxygen atoms in total. The third-order valence-electron chi connectivity index (χ3n) is 2.86. The van der Waals surface area contributed by atoms with Crippen LogP contribution < -0.4 is 5.32 Å². The van der Waals surface area contributed by atoms with Gasteiger partial charge in [0.2, 0.25) is 0 Å². The molecule has 1 aliphatic carbocycles. The summed E-state index contributed by atoms with van der Waals surface area (Å²) in [6.45, 7) is 5.08. The summed E-state index contributed by atoms with van der Waals surface area (Å²) in [5.41, 5.74) is -1.99. The first kappa shape index (κ1) is 15.3. The van der Waals surface area contributed by atoms with Crippen molar-refractivity contribution in [3.63, 3.8) is 0 Å². The van der Waals surface area contributed by atoms with Gasteiger partial charge in [0.05, 0.1) is 13.0 Å². The Morgan fingerprint density at radius 1 is 1.26 bits per heavy atom. The van der Waals surface area contributed by atoms with Crippen LogP contribution in [-0.4, -0.2) is 41.4 Å². The van der Waals surface area contributed by atoms with Crippen molar-refractivity contribution in [3.05, 3.63) is 0 Å². The van der Waals surface area contributed by atoms with E-state index in [1.807, 2.05) is 0 Å². The van der Waals surface area contributed by atoms with Crippen molar-refractivity contribution < 1.29 is 29.0 Å². The molecule has 0 unspecified atom stereocenters. The Bertz CT molecular complexity index is 392. The van der Waals surface area contributed by atoms with Gasteiger partial charge in [0.15, 0.2) is 0 Å². The van der Waals surface area contributed by atoms with Gasteiger partial charge in [0.1, 0.15) is 11.1 Å². The number of esters is 1. The molecule has 0 aromatic heterocycles. The highest BCUT2D eigenvalue weighted by atomic mass is 16.6. The van der Waals surface area contributed by atoms with Gasteiger partial charge in [0, 0.05) is 0 Å². The van der Waals surface area contributed by atoms with Crippen LogP contribution in [0.3, 0.4) is 0 Å². The summed E-state index contributed by atoms with van der Waals surface area (Å²) in [6.07, 6.45) is -0.746. The molecule has 2 N–H and O–H groups in total. The van der Waals surface area contributed by atoms with E-state index >= 15 is 0 Å². The van der Waals surface area contributed by atoms with Crippen molar-refractivity contribution in [2.45, 2.75) is 44.8 Å². The van der Waals surface area contributed by atoms with E-state index in [0.29, 0.717) is 0 Å². The number of amides is 1. The zero-order valence-electron chi connectivity index (χ0n) is 11.5. The van der Waals surface area contributed by atoms with E-state index in [0.717, 1.165) is 0 Å². The zero-order chi connectivity index (χ0) is 14.8. The van der Waals surface area contributed by atoms with Crippen molar-refractivity contribution >= 4 is 18.0 Å². The van der Waals surface area contributed by atoms with Gasteiger partial charge in [0.25, 0.3) is 0 Å². The monoisotopic (exact) mass is 273 g/mol. The molecule has 108 valence electrons. The van der Waals surface area contributed by atoms with Gasteiger partial charge in [-0.1, -0.05) is 0 Å². The number of hydrogen-bond donors (Lipinski definition) is 2. The molecule has 0 heterocycles. The van der Waals surface area contributed by atoms with Gasteiger partial charge in [-0.3, -0.25) is 4.79 Å². The molecule has 1 rings (SSSR count). The average Bonchev–Trinajstić information content (AvgIpc) is 2.18. The maximum atomic E-state index is 11.7. The van der Waals surface area contributed by atoms with E-state index < -0.39 is 35.1 Å². The number of carbonyl (C=O) groups excluding carboxylic acids is 2. The smallest absolute Gasteiger partial charge is 0.408 e. The number of methoxy groups -OCH3 is 1. The Morgan fingerprint density at radius 3 is 2.16 bits per heavy atom. The molecule has 7 heteroatoms. The predicted molar refractivity (Wildman–Crippen MR) is 64.5 cm³/mol. The number of carboxylic acid groups (broad SMARTS) is 1. The normalized spacial score (nSPS) is 26.0. The Labute approximate surface area is 111 Å². The van der Waals surface area contributed by atoms with E-state index in [4.69, 9.17) is 9.84 Å². The van der Waals surface area contributed by atoms with Gasteiger partial charge < -0.3 is 19.9 Å². The maximum absolute atomic E-state index is 11.7. The summed E-state index contributed by atoms with van der Waals surface area (Å²) in [5.74, 6) is -2.31. The minimum absolute atomic E-state index is 0.00818. The highest BCUT2D eigenvalue weighted by Crippen LogP contribution is 2.39. The van der Waals surface area contributed by atoms with Gasteiger partial charge in [-0.2, -0.15) is 0 Å². The minimum atomic E-state index is -1.29. The number of ether oxygens (including phenoxy) is 2. The highest BCUT2D eigenvalue weighted by molar-refractivity contribution is 5.89. The van der Waals surface area contributed by atoms with Crippen LogP contribution in [0.1, 0.15) is 33.6 Å². The van der Waals surface area contributed by atoms with Crippen molar-refractivity contribution in [2.24, 2.45) is 5.92 Å². The summed E-state index contributed by atoms with van der Waals surface area (Å²) in [6, 6.07) is 0. The van der Waals surface area contributed by atoms with Crippen molar-refractivity contribution in [1.29, 1.82) is 0 Å². The highest BCUT2D eigenvalue weighted by Gasteiger charge is 2.55. The Kier molecular flexibility index (Phi) is 4.07. The quantitative estimate of drug-likeness (QED) is 0.741. The second-order valence-corrected chi connectivity index (χ2v) is 5.64. The fourth-order valence-corrected chi connectivity index (χ4v) is 1.97. The summed E-state index contributed by atoms with van der Waals surface area (Å²) < 4.78 is 9.67. The van der Waals surface area contributed by atoms with Crippen LogP contribution in [-0.2, 0) is 19.1 Å². The minimum Gasteiger partial charge on any atom is -0.481 e. The van der Waals surface area contributed by atoms with Gasteiger partial charge in [-0.05, 0) is 33.6 Å². The third-order valence-corrected chi connectivity index (χ3v) is 2.86. The Balaban J connectivity index is 2.71. The van der Waals surface area contributed by atoms with Crippen LogP contribution in [0.15, 0.2) is 0 Å². The number of nitrogens with one attached hydrogen (secondary N) is 1. The largest absolute Gasteiger partial charge is 0.481 e. The number of carboxylic acids is 1. The van der Waals surface area contributed by atoms with E-state index in [1.165, 1.54) is 7.11 Å². The Morgan fingerprint density at radius 2 is 1.79 bits per heavy atom. The second-order valence-electron chi connectivity index (χ2n) is 5.64. The van der Waals surface area contributed by atoms with Crippen molar-refractivity contribution in [1.82, 2.24) is 5.32 Å². The van der Waals surface area contributed by atoms with Gasteiger partial charge >= 0.3 is 18.0 Å². The zero-order valence-corrected chi connectivity index (χ0v) is 11.5. The molecule has 0 atom stereocenters. The fraction of sp³-hybridized carbons (Fsp3) is 0.750. The molecular weight excluding hydrogens is 254 g/mol. The standard InChI is InChI=1S/C12H19NO6/c1-11(2,3)19-10(17)13-12(9(16)18-4)5-7(6-12)8(14)15/h7H,5-6H2,1-4H3,(H,13,17)(H,14,15). The summed E-state index contributed by atoms with van der Waals surface area (Å²) in [4.78, 5) is 34.2. The van der Waals surface area contributed by atoms with Crippen LogP contribution in [0.5, 0.6) is 0 Å². The molecule has 1 saturated carbocycles. The van der Waals surface area contributed by atoms with Gasteiger partial charge in [-0.25, -0.2) is 9.59 Å². The molecule has 0 spiro atoms. The molecule has 0 aromatic rings. The van der Waals surface area contributed by atoms with Crippen LogP contribution >= 0.6 is 0 Å². The van der Waals surface area contributed by atoms with E-state index in [-0.39, 0.29) is 12.8 Å². The molecular formula is C12H19NO6. The summed E-state index contributed by atoms with van der Waals surface area (Å²) >= 11 is 0. The van der Waals surface area contributed by atoms with Crippen molar-refractivity contribution in [2.75, 3.05) is 7.11 Å². The average molecular weight is 273 g/mol. The maximum Gasteiger partial charge on any atom is 0.408 e. The molecule has 1 amide bonds. The lowest BCUT2D eigenvalue weighted by Gasteiger charge is -2.43. The van der Waals surface area contributed by atoms with Crippen LogP contribution in [0.25, 0.3) is 0 Å². The summed E-state index contributed by atoms with van der Waals surface area (Å²) in [5, 5.41) is 11.3. The van der Waals surface area contributed by atoms with Crippen molar-refractivity contribution in [3.8, 4) is 0 Å². The van der Waals surface area contributed by atoms with Crippen LogP contribution in [0.2, 0.25) is 0 Å². The number of aliphatic carboxylic acids is 1. The topological polar surface area (TPSA) is 102 Å². The second kappa shape index (κ2) is 5.07. The number of alkyl carbamates (subject to hydrolysis) is 1. The van der Waals surface area contributed by atoms with Gasteiger partial charge in [-0.15, -0.1) is 0 Å².